The van der Waals surface area contributed by atoms with Crippen LogP contribution in [0.4, 0.5) is 10.1 Å². The van der Waals surface area contributed by atoms with Gasteiger partial charge >= 0.3 is 5.97 Å². The van der Waals surface area contributed by atoms with Crippen molar-refractivity contribution in [3.8, 4) is 0 Å². The van der Waals surface area contributed by atoms with E-state index in [1.54, 1.807) is 5.38 Å². The average molecular weight is 456 g/mol. The van der Waals surface area contributed by atoms with Gasteiger partial charge in [-0.2, -0.15) is 4.31 Å². The number of halogens is 1. The summed E-state index contributed by atoms with van der Waals surface area (Å²) < 4.78 is 45.0. The van der Waals surface area contributed by atoms with Gasteiger partial charge in [0.05, 0.1) is 13.7 Å². The number of nitrogens with one attached hydrogen (secondary N) is 1. The number of rotatable bonds is 6. The van der Waals surface area contributed by atoms with Crippen LogP contribution in [-0.4, -0.2) is 69.3 Å². The number of hydrogen-bond acceptors (Lipinski definition) is 7. The van der Waals surface area contributed by atoms with Crippen LogP contribution in [0, 0.1) is 5.82 Å². The topological polar surface area (TPSA) is 96.0 Å². The summed E-state index contributed by atoms with van der Waals surface area (Å²) in [6.45, 7) is 1.50. The fraction of sp³-hybridized carbons (Fsp3) is 0.368. The second kappa shape index (κ2) is 9.65. The van der Waals surface area contributed by atoms with Gasteiger partial charge in [0.25, 0.3) is 0 Å². The summed E-state index contributed by atoms with van der Waals surface area (Å²) in [5.74, 6) is -1.33. The summed E-state index contributed by atoms with van der Waals surface area (Å²) in [5.41, 5.74) is 0.494. The van der Waals surface area contributed by atoms with Crippen molar-refractivity contribution in [3.05, 3.63) is 46.4 Å². The van der Waals surface area contributed by atoms with Crippen molar-refractivity contribution in [3.63, 3.8) is 0 Å². The molecule has 1 aliphatic rings. The Hall–Kier alpha value is -2.34. The first-order valence-corrected chi connectivity index (χ1v) is 11.6. The Bertz CT molecular complexity index is 1010. The van der Waals surface area contributed by atoms with E-state index < -0.39 is 16.0 Å². The zero-order valence-electron chi connectivity index (χ0n) is 16.3. The molecule has 0 saturated carbocycles. The molecule has 11 heteroatoms. The number of thiophene rings is 1. The van der Waals surface area contributed by atoms with E-state index in [2.05, 4.69) is 10.1 Å². The molecule has 1 fully saturated rings. The third-order valence-corrected chi connectivity index (χ3v) is 7.63. The zero-order chi connectivity index (χ0) is 21.7. The number of carbonyl (C=O) groups excluding carboxylic acids is 2. The molecule has 0 unspecified atom stereocenters. The maximum Gasteiger partial charge on any atom is 0.349 e. The monoisotopic (exact) mass is 455 g/mol. The lowest BCUT2D eigenvalue weighted by atomic mass is 10.3. The number of sulfonamides is 1. The van der Waals surface area contributed by atoms with Crippen LogP contribution in [0.15, 0.2) is 40.6 Å². The maximum absolute atomic E-state index is 13.0. The number of nitrogens with zero attached hydrogens (tertiary/aromatic N) is 2. The fourth-order valence-electron chi connectivity index (χ4n) is 3.16. The summed E-state index contributed by atoms with van der Waals surface area (Å²) in [6, 6.07) is 6.88. The predicted octanol–water partition coefficient (Wildman–Crippen LogP) is 2.01. The van der Waals surface area contributed by atoms with E-state index in [1.807, 2.05) is 4.90 Å². The highest BCUT2D eigenvalue weighted by Crippen LogP contribution is 2.26. The molecule has 0 radical (unpaired) electrons. The molecule has 0 aliphatic carbocycles. The molecule has 1 aliphatic heterocycles. The summed E-state index contributed by atoms with van der Waals surface area (Å²) in [6.07, 6.45) is 0.542. The molecule has 0 bridgehead atoms. The van der Waals surface area contributed by atoms with Crippen molar-refractivity contribution in [1.82, 2.24) is 9.21 Å². The number of benzene rings is 1. The van der Waals surface area contributed by atoms with Crippen LogP contribution in [0.25, 0.3) is 0 Å². The number of carbonyl (C=O) groups is 2. The first-order chi connectivity index (χ1) is 14.3. The van der Waals surface area contributed by atoms with Crippen LogP contribution in [0.1, 0.15) is 16.1 Å². The Morgan fingerprint density at radius 2 is 1.87 bits per heavy atom. The average Bonchev–Trinajstić information content (AvgIpc) is 3.10. The van der Waals surface area contributed by atoms with Crippen LogP contribution in [0.2, 0.25) is 0 Å². The van der Waals surface area contributed by atoms with Gasteiger partial charge < -0.3 is 10.1 Å². The second-order valence-electron chi connectivity index (χ2n) is 6.69. The van der Waals surface area contributed by atoms with Crippen molar-refractivity contribution in [2.24, 2.45) is 0 Å². The third-order valence-electron chi connectivity index (χ3n) is 4.66. The van der Waals surface area contributed by atoms with Gasteiger partial charge in [-0.05, 0) is 48.7 Å². The summed E-state index contributed by atoms with van der Waals surface area (Å²) in [4.78, 5) is 26.0. The van der Waals surface area contributed by atoms with Crippen molar-refractivity contribution < 1.29 is 27.1 Å². The van der Waals surface area contributed by atoms with Gasteiger partial charge in [0.15, 0.2) is 0 Å². The molecule has 1 amide bonds. The second-order valence-corrected chi connectivity index (χ2v) is 9.52. The van der Waals surface area contributed by atoms with E-state index in [-0.39, 0.29) is 41.1 Å². The van der Waals surface area contributed by atoms with Gasteiger partial charge in [0.2, 0.25) is 15.9 Å². The number of anilines is 1. The largest absolute Gasteiger partial charge is 0.465 e. The lowest BCUT2D eigenvalue weighted by Crippen LogP contribution is -2.38. The Morgan fingerprint density at radius 3 is 2.57 bits per heavy atom. The molecule has 0 atom stereocenters. The van der Waals surface area contributed by atoms with Crippen LogP contribution in [0.5, 0.6) is 0 Å². The Labute approximate surface area is 178 Å². The van der Waals surface area contributed by atoms with E-state index in [1.165, 1.54) is 41.7 Å². The smallest absolute Gasteiger partial charge is 0.349 e. The van der Waals surface area contributed by atoms with E-state index in [0.717, 1.165) is 11.3 Å². The van der Waals surface area contributed by atoms with E-state index >= 15 is 0 Å². The molecule has 1 N–H and O–H groups in total. The molecule has 1 aromatic heterocycles. The van der Waals surface area contributed by atoms with Crippen molar-refractivity contribution in [2.75, 3.05) is 45.2 Å². The number of ether oxygens (including phenoxy) is 1. The molecule has 30 heavy (non-hydrogen) atoms. The van der Waals surface area contributed by atoms with Crippen molar-refractivity contribution >= 4 is 38.9 Å². The number of esters is 1. The molecule has 1 aromatic carbocycles. The predicted molar refractivity (Wildman–Crippen MR) is 111 cm³/mol. The number of methoxy groups -OCH3 is 1. The fourth-order valence-corrected chi connectivity index (χ4v) is 5.94. The maximum atomic E-state index is 13.0. The van der Waals surface area contributed by atoms with Gasteiger partial charge in [-0.3, -0.25) is 9.69 Å². The standard InChI is InChI=1S/C19H22FN3O5S2/c1-28-19(25)18-16(7-12-29-18)30(26,27)23-9-2-8-22(10-11-23)13-17(24)21-15-5-3-14(20)4-6-15/h3-7,12H,2,8-11,13H2,1H3,(H,21,24). The van der Waals surface area contributed by atoms with Gasteiger partial charge in [-0.1, -0.05) is 0 Å². The summed E-state index contributed by atoms with van der Waals surface area (Å²) in [7, 11) is -2.64. The Balaban J connectivity index is 1.62. The minimum Gasteiger partial charge on any atom is -0.465 e. The van der Waals surface area contributed by atoms with E-state index in [9.17, 15) is 22.4 Å². The summed E-state index contributed by atoms with van der Waals surface area (Å²) >= 11 is 1.02. The number of amides is 1. The van der Waals surface area contributed by atoms with E-state index in [0.29, 0.717) is 25.2 Å². The van der Waals surface area contributed by atoms with Gasteiger partial charge in [-0.25, -0.2) is 17.6 Å². The van der Waals surface area contributed by atoms with Crippen LogP contribution >= 0.6 is 11.3 Å². The van der Waals surface area contributed by atoms with E-state index in [4.69, 9.17) is 0 Å². The Morgan fingerprint density at radius 1 is 1.13 bits per heavy atom. The third kappa shape index (κ3) is 5.22. The molecular formula is C19H22FN3O5S2. The molecule has 3 rings (SSSR count). The van der Waals surface area contributed by atoms with Crippen LogP contribution in [0.3, 0.4) is 0 Å². The van der Waals surface area contributed by atoms with Crippen molar-refractivity contribution in [1.29, 1.82) is 0 Å². The first kappa shape index (κ1) is 22.3. The molecule has 2 heterocycles. The highest BCUT2D eigenvalue weighted by molar-refractivity contribution is 7.89. The SMILES string of the molecule is COC(=O)c1sccc1S(=O)(=O)N1CCCN(CC(=O)Nc2ccc(F)cc2)CC1. The Kier molecular flexibility index (Phi) is 7.19. The minimum atomic E-state index is -3.85. The molecule has 2 aromatic rings. The number of hydrogen-bond donors (Lipinski definition) is 1. The lowest BCUT2D eigenvalue weighted by molar-refractivity contribution is -0.117. The normalized spacial score (nSPS) is 16.1. The van der Waals surface area contributed by atoms with Gasteiger partial charge in [0.1, 0.15) is 15.6 Å². The van der Waals surface area contributed by atoms with Crippen molar-refractivity contribution in [2.45, 2.75) is 11.3 Å². The zero-order valence-corrected chi connectivity index (χ0v) is 18.0. The quantitative estimate of drug-likeness (QED) is 0.670. The van der Waals surface area contributed by atoms with Crippen LogP contribution in [-0.2, 0) is 19.6 Å². The molecule has 8 nitrogen and oxygen atoms in total. The first-order valence-electron chi connectivity index (χ1n) is 9.25. The molecule has 162 valence electrons. The highest BCUT2D eigenvalue weighted by Gasteiger charge is 2.32. The van der Waals surface area contributed by atoms with Crippen LogP contribution < -0.4 is 5.32 Å². The molecular weight excluding hydrogens is 433 g/mol. The lowest BCUT2D eigenvalue weighted by Gasteiger charge is -2.21. The summed E-state index contributed by atoms with van der Waals surface area (Å²) in [5, 5.41) is 4.24. The highest BCUT2D eigenvalue weighted by atomic mass is 32.2. The molecule has 1 saturated heterocycles. The van der Waals surface area contributed by atoms with Gasteiger partial charge in [-0.15, -0.1) is 11.3 Å². The molecule has 0 spiro atoms. The minimum absolute atomic E-state index is 0.0530. The van der Waals surface area contributed by atoms with Gasteiger partial charge in [0, 0.05) is 25.3 Å².